The average molecular weight is 249 g/mol. The van der Waals surface area contributed by atoms with Crippen LogP contribution >= 0.6 is 11.6 Å². The van der Waals surface area contributed by atoms with Gasteiger partial charge in [0.25, 0.3) is 0 Å². The van der Waals surface area contributed by atoms with E-state index in [0.717, 1.165) is 18.1 Å². The first-order valence-electron chi connectivity index (χ1n) is 6.24. The van der Waals surface area contributed by atoms with Gasteiger partial charge in [-0.2, -0.15) is 0 Å². The Bertz CT molecular complexity index is 538. The minimum absolute atomic E-state index is 0.669. The van der Waals surface area contributed by atoms with Crippen molar-refractivity contribution in [1.29, 1.82) is 0 Å². The molecule has 1 saturated heterocycles. The number of hydrogen-bond donors (Lipinski definition) is 2. The Morgan fingerprint density at radius 2 is 2.00 bits per heavy atom. The van der Waals surface area contributed by atoms with Crippen LogP contribution in [0.15, 0.2) is 18.2 Å². The highest BCUT2D eigenvalue weighted by Gasteiger charge is 2.19. The molecule has 3 rings (SSSR count). The fourth-order valence-corrected chi connectivity index (χ4v) is 3.01. The summed E-state index contributed by atoms with van der Waals surface area (Å²) in [6.07, 6.45) is 2.45. The molecule has 1 aliphatic rings. The molecule has 3 heteroatoms. The van der Waals surface area contributed by atoms with Gasteiger partial charge in [0.1, 0.15) is 0 Å². The molecule has 2 nitrogen and oxygen atoms in total. The van der Waals surface area contributed by atoms with Crippen LogP contribution in [0.4, 0.5) is 0 Å². The lowest BCUT2D eigenvalue weighted by Gasteiger charge is -2.22. The Kier molecular flexibility index (Phi) is 2.85. The molecule has 17 heavy (non-hydrogen) atoms. The summed E-state index contributed by atoms with van der Waals surface area (Å²) in [4.78, 5) is 3.57. The summed E-state index contributed by atoms with van der Waals surface area (Å²) in [6, 6.07) is 6.09. The van der Waals surface area contributed by atoms with Crippen LogP contribution in [0.3, 0.4) is 0 Å². The van der Waals surface area contributed by atoms with Crippen molar-refractivity contribution in [3.8, 4) is 0 Å². The van der Waals surface area contributed by atoms with Gasteiger partial charge in [0.2, 0.25) is 0 Å². The van der Waals surface area contributed by atoms with Crippen LogP contribution in [-0.2, 0) is 0 Å². The molecule has 2 heterocycles. The SMILES string of the molecule is Cc1c(C2CCNCC2)[nH]c2ccc(Cl)cc12. The Hall–Kier alpha value is -0.990. The zero-order valence-electron chi connectivity index (χ0n) is 10.0. The van der Waals surface area contributed by atoms with Crippen LogP contribution in [0.25, 0.3) is 10.9 Å². The second-order valence-corrected chi connectivity index (χ2v) is 5.31. The number of aromatic amines is 1. The third-order valence-electron chi connectivity index (χ3n) is 3.81. The van der Waals surface area contributed by atoms with Gasteiger partial charge in [-0.25, -0.2) is 0 Å². The molecule has 0 unspecified atom stereocenters. The minimum Gasteiger partial charge on any atom is -0.358 e. The summed E-state index contributed by atoms with van der Waals surface area (Å²) >= 11 is 6.06. The first kappa shape index (κ1) is 11.1. The Balaban J connectivity index is 2.07. The van der Waals surface area contributed by atoms with E-state index in [1.165, 1.54) is 35.0 Å². The summed E-state index contributed by atoms with van der Waals surface area (Å²) in [6.45, 7) is 4.45. The maximum absolute atomic E-state index is 6.06. The summed E-state index contributed by atoms with van der Waals surface area (Å²) in [5, 5.41) is 5.50. The Morgan fingerprint density at radius 3 is 2.76 bits per heavy atom. The minimum atomic E-state index is 0.669. The van der Waals surface area contributed by atoms with Gasteiger partial charge in [0.05, 0.1) is 0 Å². The lowest BCUT2D eigenvalue weighted by molar-refractivity contribution is 0.454. The van der Waals surface area contributed by atoms with Crippen molar-refractivity contribution >= 4 is 22.5 Å². The quantitative estimate of drug-likeness (QED) is 0.793. The van der Waals surface area contributed by atoms with Crippen LogP contribution in [-0.4, -0.2) is 18.1 Å². The van der Waals surface area contributed by atoms with Gasteiger partial charge >= 0.3 is 0 Å². The largest absolute Gasteiger partial charge is 0.358 e. The average Bonchev–Trinajstić information content (AvgIpc) is 2.68. The first-order valence-corrected chi connectivity index (χ1v) is 6.62. The molecule has 0 aliphatic carbocycles. The van der Waals surface area contributed by atoms with Crippen molar-refractivity contribution in [3.05, 3.63) is 34.5 Å². The van der Waals surface area contributed by atoms with E-state index in [9.17, 15) is 0 Å². The van der Waals surface area contributed by atoms with E-state index < -0.39 is 0 Å². The first-order chi connectivity index (χ1) is 8.25. The molecule has 1 aliphatic heterocycles. The van der Waals surface area contributed by atoms with Crippen molar-refractivity contribution in [1.82, 2.24) is 10.3 Å². The molecular formula is C14H17ClN2. The zero-order valence-corrected chi connectivity index (χ0v) is 10.8. The number of nitrogens with one attached hydrogen (secondary N) is 2. The second-order valence-electron chi connectivity index (χ2n) is 4.88. The van der Waals surface area contributed by atoms with Crippen LogP contribution < -0.4 is 5.32 Å². The van der Waals surface area contributed by atoms with Crippen molar-refractivity contribution < 1.29 is 0 Å². The van der Waals surface area contributed by atoms with E-state index in [-0.39, 0.29) is 0 Å². The van der Waals surface area contributed by atoms with Gasteiger partial charge in [-0.3, -0.25) is 0 Å². The summed E-state index contributed by atoms with van der Waals surface area (Å²) in [5.74, 6) is 0.669. The molecule has 90 valence electrons. The number of piperidine rings is 1. The number of halogens is 1. The highest BCUT2D eigenvalue weighted by Crippen LogP contribution is 2.32. The second kappa shape index (κ2) is 4.35. The standard InChI is InChI=1S/C14H17ClN2/c1-9-12-8-11(15)2-3-13(12)17-14(9)10-4-6-16-7-5-10/h2-3,8,10,16-17H,4-7H2,1H3. The molecular weight excluding hydrogens is 232 g/mol. The summed E-state index contributed by atoms with van der Waals surface area (Å²) < 4.78 is 0. The maximum atomic E-state index is 6.06. The summed E-state index contributed by atoms with van der Waals surface area (Å²) in [7, 11) is 0. The molecule has 2 aromatic rings. The van der Waals surface area contributed by atoms with E-state index in [1.807, 2.05) is 6.07 Å². The van der Waals surface area contributed by atoms with E-state index in [2.05, 4.69) is 29.4 Å². The monoisotopic (exact) mass is 248 g/mol. The van der Waals surface area contributed by atoms with Crippen LogP contribution in [0.2, 0.25) is 5.02 Å². The van der Waals surface area contributed by atoms with Gasteiger partial charge in [-0.05, 0) is 56.6 Å². The molecule has 0 radical (unpaired) electrons. The maximum Gasteiger partial charge on any atom is 0.0459 e. The number of rotatable bonds is 1. The van der Waals surface area contributed by atoms with E-state index >= 15 is 0 Å². The van der Waals surface area contributed by atoms with Gasteiger partial charge in [0.15, 0.2) is 0 Å². The number of hydrogen-bond acceptors (Lipinski definition) is 1. The van der Waals surface area contributed by atoms with Gasteiger partial charge in [-0.15, -0.1) is 0 Å². The van der Waals surface area contributed by atoms with Crippen molar-refractivity contribution in [2.24, 2.45) is 0 Å². The number of H-pyrrole nitrogens is 1. The third-order valence-corrected chi connectivity index (χ3v) is 4.04. The molecule has 1 aromatic heterocycles. The highest BCUT2D eigenvalue weighted by atomic mass is 35.5. The lowest BCUT2D eigenvalue weighted by atomic mass is 9.92. The molecule has 0 amide bonds. The van der Waals surface area contributed by atoms with Crippen LogP contribution in [0, 0.1) is 6.92 Å². The van der Waals surface area contributed by atoms with Crippen LogP contribution in [0.5, 0.6) is 0 Å². The van der Waals surface area contributed by atoms with Crippen molar-refractivity contribution in [2.45, 2.75) is 25.7 Å². The Morgan fingerprint density at radius 1 is 1.24 bits per heavy atom. The number of aromatic nitrogens is 1. The van der Waals surface area contributed by atoms with Gasteiger partial charge in [0, 0.05) is 27.5 Å². The highest BCUT2D eigenvalue weighted by molar-refractivity contribution is 6.31. The van der Waals surface area contributed by atoms with Crippen molar-refractivity contribution in [2.75, 3.05) is 13.1 Å². The molecule has 0 atom stereocenters. The molecule has 0 bridgehead atoms. The predicted octanol–water partition coefficient (Wildman–Crippen LogP) is 3.60. The van der Waals surface area contributed by atoms with Gasteiger partial charge in [-0.1, -0.05) is 11.6 Å². The van der Waals surface area contributed by atoms with E-state index in [1.54, 1.807) is 0 Å². The molecule has 1 fully saturated rings. The smallest absolute Gasteiger partial charge is 0.0459 e. The third kappa shape index (κ3) is 1.96. The lowest BCUT2D eigenvalue weighted by Crippen LogP contribution is -2.27. The molecule has 1 aromatic carbocycles. The number of benzene rings is 1. The Labute approximate surface area is 106 Å². The number of aryl methyl sites for hydroxylation is 1. The van der Waals surface area contributed by atoms with Gasteiger partial charge < -0.3 is 10.3 Å². The fourth-order valence-electron chi connectivity index (χ4n) is 2.84. The fraction of sp³-hybridized carbons (Fsp3) is 0.429. The molecule has 0 saturated carbocycles. The topological polar surface area (TPSA) is 27.8 Å². The molecule has 2 N–H and O–H groups in total. The normalized spacial score (nSPS) is 17.8. The van der Waals surface area contributed by atoms with E-state index in [0.29, 0.717) is 5.92 Å². The summed E-state index contributed by atoms with van der Waals surface area (Å²) in [5.41, 5.74) is 3.98. The number of fused-ring (bicyclic) bond motifs is 1. The van der Waals surface area contributed by atoms with Crippen LogP contribution in [0.1, 0.15) is 30.0 Å². The zero-order chi connectivity index (χ0) is 11.8. The predicted molar refractivity (Wildman–Crippen MR) is 72.9 cm³/mol. The molecule has 0 spiro atoms. The van der Waals surface area contributed by atoms with Crippen molar-refractivity contribution in [3.63, 3.8) is 0 Å². The van der Waals surface area contributed by atoms with E-state index in [4.69, 9.17) is 11.6 Å².